The Hall–Kier alpha value is -3.65. The van der Waals surface area contributed by atoms with E-state index in [9.17, 15) is 14.4 Å². The first kappa shape index (κ1) is 19.3. The van der Waals surface area contributed by atoms with Crippen LogP contribution in [-0.4, -0.2) is 38.0 Å². The van der Waals surface area contributed by atoms with Crippen LogP contribution < -0.4 is 25.0 Å². The fourth-order valence-corrected chi connectivity index (χ4v) is 5.28. The van der Waals surface area contributed by atoms with Crippen LogP contribution in [0.4, 0.5) is 5.69 Å². The number of rotatable bonds is 4. The minimum Gasteiger partial charge on any atom is -0.497 e. The third kappa shape index (κ3) is 2.61. The zero-order valence-electron chi connectivity index (χ0n) is 17.1. The first-order valence-electron chi connectivity index (χ1n) is 10.0. The summed E-state index contributed by atoms with van der Waals surface area (Å²) in [6.07, 6.45) is 3.76. The van der Waals surface area contributed by atoms with Crippen LogP contribution in [0.5, 0.6) is 11.5 Å². The van der Waals surface area contributed by atoms with E-state index in [1.165, 1.54) is 14.2 Å². The molecule has 0 spiro atoms. The summed E-state index contributed by atoms with van der Waals surface area (Å²) in [6.45, 7) is 0. The molecule has 0 aliphatic carbocycles. The molecule has 2 fully saturated rings. The van der Waals surface area contributed by atoms with Crippen LogP contribution in [0.15, 0.2) is 48.7 Å². The first-order valence-corrected chi connectivity index (χ1v) is 10.0. The quantitative estimate of drug-likeness (QED) is 0.692. The van der Waals surface area contributed by atoms with Crippen molar-refractivity contribution in [3.63, 3.8) is 0 Å². The lowest BCUT2D eigenvalue weighted by Crippen LogP contribution is -3.12. The molecule has 5 atom stereocenters. The standard InChI is InChI=1S/C23H21N3O5/c1-30-13-7-8-16(31-2)15(11-13)26-22(28)17-18(23(26)29)20(21(24)27)25-10-9-12-5-3-4-6-14(12)19(17)25/h3-11,17-20H,1-2H3,(H2,24,27)/p+1/t17-,18-,19+,20+/m1/s1. The third-order valence-corrected chi connectivity index (χ3v) is 6.55. The van der Waals surface area contributed by atoms with Gasteiger partial charge in [0.2, 0.25) is 11.8 Å². The van der Waals surface area contributed by atoms with Crippen LogP contribution in [0.3, 0.4) is 0 Å². The highest BCUT2D eigenvalue weighted by molar-refractivity contribution is 6.24. The molecular formula is C23H22N3O5+. The van der Waals surface area contributed by atoms with Gasteiger partial charge in [-0.1, -0.05) is 24.3 Å². The average molecular weight is 420 g/mol. The Bertz CT molecular complexity index is 1140. The van der Waals surface area contributed by atoms with E-state index in [1.807, 2.05) is 36.5 Å². The Morgan fingerprint density at radius 2 is 1.77 bits per heavy atom. The smallest absolute Gasteiger partial charge is 0.277 e. The molecule has 158 valence electrons. The summed E-state index contributed by atoms with van der Waals surface area (Å²) in [4.78, 5) is 41.7. The van der Waals surface area contributed by atoms with E-state index in [0.29, 0.717) is 17.2 Å². The molecule has 0 radical (unpaired) electrons. The Labute approximate surface area is 178 Å². The lowest BCUT2D eigenvalue weighted by Gasteiger charge is -2.30. The van der Waals surface area contributed by atoms with Crippen LogP contribution >= 0.6 is 0 Å². The number of quaternary nitrogens is 1. The second-order valence-electron chi connectivity index (χ2n) is 7.92. The van der Waals surface area contributed by atoms with E-state index in [0.717, 1.165) is 20.9 Å². The zero-order valence-corrected chi connectivity index (χ0v) is 17.1. The molecule has 3 aliphatic rings. The van der Waals surface area contributed by atoms with Crippen molar-refractivity contribution < 1.29 is 28.8 Å². The lowest BCUT2D eigenvalue weighted by molar-refractivity contribution is -0.884. The number of nitrogens with two attached hydrogens (primary N) is 1. The van der Waals surface area contributed by atoms with Crippen LogP contribution in [0.2, 0.25) is 0 Å². The Morgan fingerprint density at radius 1 is 1.03 bits per heavy atom. The maximum absolute atomic E-state index is 13.7. The van der Waals surface area contributed by atoms with Gasteiger partial charge in [-0.3, -0.25) is 19.3 Å². The number of hydrogen-bond acceptors (Lipinski definition) is 5. The molecule has 31 heavy (non-hydrogen) atoms. The number of nitrogens with one attached hydrogen (secondary N) is 1. The molecular weight excluding hydrogens is 398 g/mol. The molecule has 0 aromatic heterocycles. The third-order valence-electron chi connectivity index (χ3n) is 6.55. The van der Waals surface area contributed by atoms with E-state index < -0.39 is 29.7 Å². The molecule has 0 bridgehead atoms. The number of methoxy groups -OCH3 is 2. The predicted octanol–water partition coefficient (Wildman–Crippen LogP) is 0.287. The summed E-state index contributed by atoms with van der Waals surface area (Å²) in [7, 11) is 2.97. The van der Waals surface area contributed by atoms with Crippen molar-refractivity contribution in [2.45, 2.75) is 12.1 Å². The summed E-state index contributed by atoms with van der Waals surface area (Å²) in [5.74, 6) is -2.11. The van der Waals surface area contributed by atoms with Gasteiger partial charge in [0.15, 0.2) is 6.04 Å². The average Bonchev–Trinajstić information content (AvgIpc) is 3.26. The maximum Gasteiger partial charge on any atom is 0.277 e. The molecule has 3 aliphatic heterocycles. The number of amides is 3. The van der Waals surface area contributed by atoms with Gasteiger partial charge in [0.1, 0.15) is 29.4 Å². The van der Waals surface area contributed by atoms with Gasteiger partial charge in [0.25, 0.3) is 5.91 Å². The van der Waals surface area contributed by atoms with Crippen molar-refractivity contribution in [1.29, 1.82) is 0 Å². The van der Waals surface area contributed by atoms with Crippen molar-refractivity contribution >= 4 is 29.5 Å². The fraction of sp³-hybridized carbons (Fsp3) is 0.261. The minimum atomic E-state index is -0.850. The van der Waals surface area contributed by atoms with Crippen LogP contribution in [-0.2, 0) is 14.4 Å². The number of primary amides is 1. The molecule has 2 aromatic carbocycles. The Morgan fingerprint density at radius 3 is 2.48 bits per heavy atom. The van der Waals surface area contributed by atoms with Gasteiger partial charge in [0, 0.05) is 11.6 Å². The Kier molecular flexibility index (Phi) is 4.33. The molecule has 3 N–H and O–H groups in total. The SMILES string of the molecule is COc1ccc(OC)c(N2C(=O)[C@@H]3[C@@H](C2=O)[C@@H]2c4ccccc4C=C[NH+]2[C@@H]3C(N)=O)c1. The number of anilines is 1. The van der Waals surface area contributed by atoms with Crippen molar-refractivity contribution in [2.75, 3.05) is 19.1 Å². The largest absolute Gasteiger partial charge is 0.497 e. The molecule has 8 heteroatoms. The van der Waals surface area contributed by atoms with E-state index >= 15 is 0 Å². The van der Waals surface area contributed by atoms with Gasteiger partial charge in [-0.25, -0.2) is 4.90 Å². The number of ether oxygens (including phenoxy) is 2. The van der Waals surface area contributed by atoms with E-state index in [4.69, 9.17) is 15.2 Å². The molecule has 2 saturated heterocycles. The minimum absolute atomic E-state index is 0.302. The summed E-state index contributed by atoms with van der Waals surface area (Å²) in [5.41, 5.74) is 7.96. The number of nitrogens with zero attached hydrogens (tertiary/aromatic N) is 1. The normalized spacial score (nSPS) is 28.2. The Balaban J connectivity index is 1.66. The molecule has 8 nitrogen and oxygen atoms in total. The molecule has 3 amide bonds. The van der Waals surface area contributed by atoms with Crippen molar-refractivity contribution in [3.8, 4) is 11.5 Å². The van der Waals surface area contributed by atoms with Crippen molar-refractivity contribution in [3.05, 3.63) is 59.8 Å². The number of fused-ring (bicyclic) bond motifs is 5. The lowest BCUT2D eigenvalue weighted by atomic mass is 9.84. The number of hydrogen-bond donors (Lipinski definition) is 2. The van der Waals surface area contributed by atoms with Gasteiger partial charge < -0.3 is 15.2 Å². The second-order valence-corrected chi connectivity index (χ2v) is 7.92. The first-order chi connectivity index (χ1) is 15.0. The van der Waals surface area contributed by atoms with Gasteiger partial charge in [-0.2, -0.15) is 0 Å². The number of carbonyl (C=O) groups excluding carboxylic acids is 3. The molecule has 5 rings (SSSR count). The van der Waals surface area contributed by atoms with Gasteiger partial charge in [0.05, 0.1) is 26.1 Å². The highest BCUT2D eigenvalue weighted by atomic mass is 16.5. The number of benzene rings is 2. The predicted molar refractivity (Wildman–Crippen MR) is 111 cm³/mol. The maximum atomic E-state index is 13.7. The van der Waals surface area contributed by atoms with Crippen LogP contribution in [0.25, 0.3) is 6.08 Å². The van der Waals surface area contributed by atoms with Crippen LogP contribution in [0, 0.1) is 11.8 Å². The molecule has 1 unspecified atom stereocenters. The van der Waals surface area contributed by atoms with E-state index in [1.54, 1.807) is 18.2 Å². The fourth-order valence-electron chi connectivity index (χ4n) is 5.28. The van der Waals surface area contributed by atoms with Gasteiger partial charge >= 0.3 is 0 Å². The summed E-state index contributed by atoms with van der Waals surface area (Å²) in [5, 5.41) is 0. The highest BCUT2D eigenvalue weighted by Crippen LogP contribution is 2.46. The van der Waals surface area contributed by atoms with Crippen molar-refractivity contribution in [2.24, 2.45) is 17.6 Å². The van der Waals surface area contributed by atoms with Gasteiger partial charge in [-0.05, 0) is 23.8 Å². The summed E-state index contributed by atoms with van der Waals surface area (Å²) in [6, 6.07) is 11.4. The summed E-state index contributed by atoms with van der Waals surface area (Å²) < 4.78 is 10.7. The number of imide groups is 1. The summed E-state index contributed by atoms with van der Waals surface area (Å²) >= 11 is 0. The monoisotopic (exact) mass is 420 g/mol. The van der Waals surface area contributed by atoms with E-state index in [2.05, 4.69) is 0 Å². The zero-order chi connectivity index (χ0) is 21.9. The molecule has 2 aromatic rings. The number of carbonyl (C=O) groups is 3. The topological polar surface area (TPSA) is 103 Å². The molecule has 0 saturated carbocycles. The van der Waals surface area contributed by atoms with Gasteiger partial charge in [-0.15, -0.1) is 0 Å². The van der Waals surface area contributed by atoms with Crippen molar-refractivity contribution in [1.82, 2.24) is 0 Å². The second kappa shape index (κ2) is 6.95. The van der Waals surface area contributed by atoms with Crippen LogP contribution in [0.1, 0.15) is 17.2 Å². The highest BCUT2D eigenvalue weighted by Gasteiger charge is 2.68. The molecule has 3 heterocycles. The van der Waals surface area contributed by atoms with E-state index in [-0.39, 0.29) is 11.9 Å².